The number of halogens is 4. The van der Waals surface area contributed by atoms with Crippen LogP contribution in [0.15, 0.2) is 54.6 Å². The van der Waals surface area contributed by atoms with Gasteiger partial charge in [-0.25, -0.2) is 9.69 Å². The zero-order valence-electron chi connectivity index (χ0n) is 14.8. The summed E-state index contributed by atoms with van der Waals surface area (Å²) in [5, 5.41) is 0. The number of rotatable bonds is 4. The summed E-state index contributed by atoms with van der Waals surface area (Å²) < 4.78 is 43.3. The van der Waals surface area contributed by atoms with Crippen LogP contribution in [0.3, 0.4) is 0 Å². The Balaban J connectivity index is 1.79. The number of nitrogens with zero attached hydrogens (tertiary/aromatic N) is 1. The Hall–Kier alpha value is -2.35. The van der Waals surface area contributed by atoms with Crippen molar-refractivity contribution in [1.29, 1.82) is 0 Å². The number of alkyl halides is 4. The average molecular weight is 456 g/mol. The molecule has 1 saturated heterocycles. The molecule has 0 aliphatic carbocycles. The molecule has 4 nitrogen and oxygen atoms in total. The number of carbonyl (C=O) groups is 2. The van der Waals surface area contributed by atoms with Gasteiger partial charge >= 0.3 is 12.3 Å². The summed E-state index contributed by atoms with van der Waals surface area (Å²) in [5.74, 6) is -0.955. The van der Waals surface area contributed by atoms with E-state index in [1.807, 2.05) is 6.07 Å². The van der Waals surface area contributed by atoms with Gasteiger partial charge in [-0.3, -0.25) is 4.79 Å². The number of ether oxygens (including phenoxy) is 1. The first-order valence-electron chi connectivity index (χ1n) is 8.56. The van der Waals surface area contributed by atoms with Crippen LogP contribution in [0.5, 0.6) is 0 Å². The van der Waals surface area contributed by atoms with Crippen LogP contribution < -0.4 is 0 Å². The molecule has 1 heterocycles. The van der Waals surface area contributed by atoms with E-state index in [1.165, 1.54) is 12.1 Å². The zero-order valence-corrected chi connectivity index (χ0v) is 16.4. The van der Waals surface area contributed by atoms with Crippen molar-refractivity contribution in [2.45, 2.75) is 29.9 Å². The standard InChI is InChI=1S/C20H17BrF3NO3/c1-12(13-7-9-15(10-8-13)20(22,23)24)17(21)18(26)25-16(11-28-19(25)27)14-5-3-2-4-6-14/h2-10,12,16-17H,11H2,1H3/t12-,16-,17+/m0/s1. The number of hydrogen-bond acceptors (Lipinski definition) is 3. The predicted octanol–water partition coefficient (Wildman–Crippen LogP) is 5.29. The van der Waals surface area contributed by atoms with Gasteiger partial charge in [0.25, 0.3) is 0 Å². The molecule has 2 amide bonds. The maximum absolute atomic E-state index is 13.0. The van der Waals surface area contributed by atoms with Crippen LogP contribution >= 0.6 is 15.9 Å². The number of carbonyl (C=O) groups excluding carboxylic acids is 2. The molecular weight excluding hydrogens is 439 g/mol. The van der Waals surface area contributed by atoms with Crippen molar-refractivity contribution in [2.75, 3.05) is 6.61 Å². The molecule has 0 spiro atoms. The average Bonchev–Trinajstić information content (AvgIpc) is 3.07. The highest BCUT2D eigenvalue weighted by Crippen LogP contribution is 2.35. The van der Waals surface area contributed by atoms with Crippen LogP contribution in [-0.2, 0) is 15.7 Å². The molecule has 0 aromatic heterocycles. The van der Waals surface area contributed by atoms with Crippen LogP contribution in [-0.4, -0.2) is 28.3 Å². The van der Waals surface area contributed by atoms with Gasteiger partial charge in [-0.2, -0.15) is 13.2 Å². The summed E-state index contributed by atoms with van der Waals surface area (Å²) in [4.78, 5) is 25.4. The zero-order chi connectivity index (χ0) is 20.5. The SMILES string of the molecule is C[C@@H](c1ccc(C(F)(F)F)cc1)[C@@H](Br)C(=O)N1C(=O)OC[C@H]1c1ccccc1. The van der Waals surface area contributed by atoms with Crippen LogP contribution in [0.2, 0.25) is 0 Å². The minimum absolute atomic E-state index is 0.0585. The highest BCUT2D eigenvalue weighted by molar-refractivity contribution is 9.10. The van der Waals surface area contributed by atoms with E-state index in [1.54, 1.807) is 31.2 Å². The van der Waals surface area contributed by atoms with Gasteiger partial charge in [0, 0.05) is 5.92 Å². The molecule has 0 N–H and O–H groups in total. The first kappa shape index (κ1) is 20.4. The minimum Gasteiger partial charge on any atom is -0.446 e. The number of hydrogen-bond donors (Lipinski definition) is 0. The van der Waals surface area contributed by atoms with E-state index < -0.39 is 40.5 Å². The van der Waals surface area contributed by atoms with Crippen molar-refractivity contribution >= 4 is 27.9 Å². The fourth-order valence-electron chi connectivity index (χ4n) is 3.08. The van der Waals surface area contributed by atoms with E-state index in [9.17, 15) is 22.8 Å². The Morgan fingerprint density at radius 2 is 1.75 bits per heavy atom. The molecule has 0 unspecified atom stereocenters. The van der Waals surface area contributed by atoms with Crippen LogP contribution in [0.25, 0.3) is 0 Å². The van der Waals surface area contributed by atoms with Crippen LogP contribution in [0, 0.1) is 0 Å². The van der Waals surface area contributed by atoms with E-state index >= 15 is 0 Å². The second-order valence-electron chi connectivity index (χ2n) is 6.52. The summed E-state index contributed by atoms with van der Waals surface area (Å²) in [6, 6.07) is 13.1. The lowest BCUT2D eigenvalue weighted by Gasteiger charge is -2.25. The van der Waals surface area contributed by atoms with Crippen molar-refractivity contribution in [3.8, 4) is 0 Å². The maximum Gasteiger partial charge on any atom is 0.417 e. The topological polar surface area (TPSA) is 46.6 Å². The van der Waals surface area contributed by atoms with Crippen molar-refractivity contribution in [1.82, 2.24) is 4.90 Å². The molecule has 2 aromatic rings. The second-order valence-corrected chi connectivity index (χ2v) is 7.51. The van der Waals surface area contributed by atoms with Gasteiger partial charge in [-0.15, -0.1) is 0 Å². The second kappa shape index (κ2) is 7.95. The van der Waals surface area contributed by atoms with Gasteiger partial charge in [0.15, 0.2) is 0 Å². The molecule has 148 valence electrons. The molecule has 1 fully saturated rings. The van der Waals surface area contributed by atoms with Crippen molar-refractivity contribution in [3.05, 3.63) is 71.3 Å². The van der Waals surface area contributed by atoms with Crippen molar-refractivity contribution in [2.24, 2.45) is 0 Å². The number of benzene rings is 2. The molecule has 1 aliphatic heterocycles. The highest BCUT2D eigenvalue weighted by Gasteiger charge is 2.42. The predicted molar refractivity (Wildman–Crippen MR) is 100.0 cm³/mol. The lowest BCUT2D eigenvalue weighted by Crippen LogP contribution is -2.40. The van der Waals surface area contributed by atoms with E-state index in [0.717, 1.165) is 22.6 Å². The van der Waals surface area contributed by atoms with E-state index in [4.69, 9.17) is 4.74 Å². The summed E-state index contributed by atoms with van der Waals surface area (Å²) >= 11 is 3.32. The Morgan fingerprint density at radius 3 is 2.32 bits per heavy atom. The first-order chi connectivity index (χ1) is 13.2. The van der Waals surface area contributed by atoms with Crippen LogP contribution in [0.4, 0.5) is 18.0 Å². The lowest BCUT2D eigenvalue weighted by molar-refractivity contribution is -0.137. The molecule has 8 heteroatoms. The smallest absolute Gasteiger partial charge is 0.417 e. The molecule has 28 heavy (non-hydrogen) atoms. The third-order valence-electron chi connectivity index (χ3n) is 4.73. The largest absolute Gasteiger partial charge is 0.446 e. The number of amides is 2. The molecular formula is C20H17BrF3NO3. The van der Waals surface area contributed by atoms with Gasteiger partial charge in [0.2, 0.25) is 5.91 Å². The number of imide groups is 1. The Labute approximate surface area is 168 Å². The summed E-state index contributed by atoms with van der Waals surface area (Å²) in [7, 11) is 0. The molecule has 0 radical (unpaired) electrons. The molecule has 2 aromatic carbocycles. The fraction of sp³-hybridized carbons (Fsp3) is 0.300. The van der Waals surface area contributed by atoms with Gasteiger partial charge < -0.3 is 4.74 Å². The number of cyclic esters (lactones) is 1. The van der Waals surface area contributed by atoms with Crippen LogP contribution in [0.1, 0.15) is 35.6 Å². The molecule has 3 atom stereocenters. The van der Waals surface area contributed by atoms with Gasteiger partial charge in [0.05, 0.1) is 5.56 Å². The maximum atomic E-state index is 13.0. The monoisotopic (exact) mass is 455 g/mol. The first-order valence-corrected chi connectivity index (χ1v) is 9.47. The minimum atomic E-state index is -4.42. The molecule has 0 saturated carbocycles. The van der Waals surface area contributed by atoms with Gasteiger partial charge in [-0.05, 0) is 23.3 Å². The highest BCUT2D eigenvalue weighted by atomic mass is 79.9. The normalized spacial score (nSPS) is 19.2. The molecule has 0 bridgehead atoms. The van der Waals surface area contributed by atoms with Crippen molar-refractivity contribution in [3.63, 3.8) is 0 Å². The quantitative estimate of drug-likeness (QED) is 0.588. The van der Waals surface area contributed by atoms with E-state index in [-0.39, 0.29) is 6.61 Å². The molecule has 3 rings (SSSR count). The third-order valence-corrected chi connectivity index (χ3v) is 5.92. The third kappa shape index (κ3) is 4.06. The van der Waals surface area contributed by atoms with E-state index in [0.29, 0.717) is 5.56 Å². The summed E-state index contributed by atoms with van der Waals surface area (Å²) in [5.41, 5.74) is 0.559. The lowest BCUT2D eigenvalue weighted by atomic mass is 9.95. The van der Waals surface area contributed by atoms with Gasteiger partial charge in [0.1, 0.15) is 17.5 Å². The fourth-order valence-corrected chi connectivity index (χ4v) is 3.60. The Kier molecular flexibility index (Phi) is 5.79. The Morgan fingerprint density at radius 1 is 1.14 bits per heavy atom. The van der Waals surface area contributed by atoms with Gasteiger partial charge in [-0.1, -0.05) is 65.3 Å². The summed E-state index contributed by atoms with van der Waals surface area (Å²) in [6.07, 6.45) is -5.16. The Bertz CT molecular complexity index is 855. The van der Waals surface area contributed by atoms with E-state index in [2.05, 4.69) is 15.9 Å². The van der Waals surface area contributed by atoms with Crippen molar-refractivity contribution < 1.29 is 27.5 Å². The summed E-state index contributed by atoms with van der Waals surface area (Å²) in [6.45, 7) is 1.77. The molecule has 1 aliphatic rings.